The number of fused-ring (bicyclic) bond motifs is 2. The fraction of sp³-hybridized carbons (Fsp3) is 0. The Balaban J connectivity index is 0.00000182. The maximum atomic E-state index is 5.45. The number of nitrogens with zero attached hydrogens (tertiary/aromatic N) is 1. The number of hydrogen-bond donors (Lipinski definition) is 0. The zero-order chi connectivity index (χ0) is 16.5. The fourth-order valence-electron chi connectivity index (χ4n) is 3.13. The van der Waals surface area contributed by atoms with Crippen LogP contribution in [0.5, 0.6) is 0 Å². The van der Waals surface area contributed by atoms with Crippen molar-refractivity contribution in [3.63, 3.8) is 0 Å². The average Bonchev–Trinajstić information content (AvgIpc) is 2.62. The van der Waals surface area contributed by atoms with Gasteiger partial charge in [-0.3, -0.25) is 0 Å². The van der Waals surface area contributed by atoms with Crippen molar-refractivity contribution < 1.29 is 29.6 Å². The number of hydrogen-bond acceptors (Lipinski definition) is 2. The molecule has 4 rings (SSSR count). The Hall–Kier alpha value is -1.49. The molecule has 4 heteroatoms. The van der Waals surface area contributed by atoms with Crippen molar-refractivity contribution in [3.8, 4) is 0 Å². The monoisotopic (exact) mass is 367 g/mol. The van der Waals surface area contributed by atoms with Gasteiger partial charge < -0.3 is 29.7 Å². The van der Waals surface area contributed by atoms with Crippen LogP contribution in [0.4, 0.5) is 11.4 Å². The van der Waals surface area contributed by atoms with Gasteiger partial charge in [0.1, 0.15) is 0 Å². The molecule has 0 spiro atoms. The first-order chi connectivity index (χ1) is 11.8. The second-order valence-electron chi connectivity index (χ2n) is 5.60. The van der Waals surface area contributed by atoms with Gasteiger partial charge >= 0.3 is 29.6 Å². The molecule has 25 heavy (non-hydrogen) atoms. The van der Waals surface area contributed by atoms with E-state index in [4.69, 9.17) is 24.8 Å². The normalized spacial score (nSPS) is 10.4. The van der Waals surface area contributed by atoms with Crippen molar-refractivity contribution in [2.24, 2.45) is 0 Å². The van der Waals surface area contributed by atoms with Crippen molar-refractivity contribution >= 4 is 62.1 Å². The molecule has 0 atom stereocenters. The van der Waals surface area contributed by atoms with Gasteiger partial charge in [-0.25, -0.2) is 0 Å². The molecule has 0 aliphatic carbocycles. The molecule has 4 aromatic carbocycles. The Morgan fingerprint density at radius 3 is 1.48 bits per heavy atom. The van der Waals surface area contributed by atoms with Crippen LogP contribution in [0.15, 0.2) is 84.9 Å². The first-order valence-corrected chi connectivity index (χ1v) is 8.54. The summed E-state index contributed by atoms with van der Waals surface area (Å²) in [6.07, 6.45) is 0. The van der Waals surface area contributed by atoms with E-state index in [2.05, 4.69) is 48.5 Å². The molecule has 0 bridgehead atoms. The van der Waals surface area contributed by atoms with E-state index >= 15 is 0 Å². The summed E-state index contributed by atoms with van der Waals surface area (Å²) in [4.78, 5) is 2.00. The van der Waals surface area contributed by atoms with E-state index < -0.39 is 0 Å². The molecule has 0 saturated carbocycles. The average molecular weight is 367 g/mol. The van der Waals surface area contributed by atoms with Crippen LogP contribution in [-0.2, 0) is 12.6 Å². The topological polar surface area (TPSA) is 3.24 Å². The van der Waals surface area contributed by atoms with E-state index in [1.165, 1.54) is 10.8 Å². The zero-order valence-electron chi connectivity index (χ0n) is 13.8. The fourth-order valence-corrected chi connectivity index (χ4v) is 3.53. The summed E-state index contributed by atoms with van der Waals surface area (Å²) < 4.78 is 0.419. The molecule has 0 aromatic heterocycles. The summed E-state index contributed by atoms with van der Waals surface area (Å²) in [5.74, 6) is 0. The van der Waals surface area contributed by atoms with Crippen LogP contribution in [0.3, 0.4) is 0 Å². The molecule has 0 N–H and O–H groups in total. The van der Waals surface area contributed by atoms with E-state index in [-0.39, 0.29) is 29.6 Å². The summed E-state index contributed by atoms with van der Waals surface area (Å²) in [7, 11) is 0. The standard InChI is InChI=1S/C21H15NS2.Na/c23-21(24)22(19-13-5-9-15-7-1-3-11-17(15)19)20-14-6-10-16-8-2-4-12-18(16)20;/h1-14H,(H,23,24);/q;+1/p-1. The third kappa shape index (κ3) is 3.43. The van der Waals surface area contributed by atoms with Crippen LogP contribution in [0, 0.1) is 0 Å². The van der Waals surface area contributed by atoms with Crippen LogP contribution in [0.2, 0.25) is 0 Å². The Morgan fingerprint density at radius 1 is 0.640 bits per heavy atom. The van der Waals surface area contributed by atoms with Gasteiger partial charge in [0, 0.05) is 10.8 Å². The van der Waals surface area contributed by atoms with Gasteiger partial charge in [-0.05, 0) is 22.9 Å². The quantitative estimate of drug-likeness (QED) is 0.305. The van der Waals surface area contributed by atoms with Gasteiger partial charge in [0.25, 0.3) is 0 Å². The van der Waals surface area contributed by atoms with Crippen molar-refractivity contribution in [1.82, 2.24) is 0 Å². The second-order valence-corrected chi connectivity index (χ2v) is 6.63. The Kier molecular flexibility index (Phi) is 5.72. The molecule has 0 saturated heterocycles. The minimum atomic E-state index is 0. The van der Waals surface area contributed by atoms with Gasteiger partial charge in [-0.15, -0.1) is 0 Å². The number of rotatable bonds is 2. The summed E-state index contributed by atoms with van der Waals surface area (Å²) in [6, 6.07) is 29.0. The molecule has 0 unspecified atom stereocenters. The predicted octanol–water partition coefficient (Wildman–Crippen LogP) is 2.97. The van der Waals surface area contributed by atoms with E-state index in [1.54, 1.807) is 0 Å². The van der Waals surface area contributed by atoms with Crippen LogP contribution in [-0.4, -0.2) is 4.32 Å². The van der Waals surface area contributed by atoms with E-state index in [0.29, 0.717) is 4.32 Å². The Morgan fingerprint density at radius 2 is 1.04 bits per heavy atom. The van der Waals surface area contributed by atoms with Gasteiger partial charge in [-0.1, -0.05) is 77.1 Å². The maximum absolute atomic E-state index is 5.45. The first-order valence-electron chi connectivity index (χ1n) is 7.72. The minimum Gasteiger partial charge on any atom is -0.411 e. The number of benzene rings is 4. The summed E-state index contributed by atoms with van der Waals surface area (Å²) >= 11 is 10.9. The van der Waals surface area contributed by atoms with Crippen LogP contribution < -0.4 is 34.5 Å². The SMILES string of the molecule is S=C([S-])N(c1cccc2ccccc12)c1cccc2ccccc12.[Na+]. The molecule has 0 radical (unpaired) electrons. The molecule has 4 aromatic rings. The van der Waals surface area contributed by atoms with Gasteiger partial charge in [0.05, 0.1) is 11.4 Å². The van der Waals surface area contributed by atoms with E-state index in [9.17, 15) is 0 Å². The van der Waals surface area contributed by atoms with Crippen molar-refractivity contribution in [1.29, 1.82) is 0 Å². The molecule has 0 heterocycles. The minimum absolute atomic E-state index is 0. The van der Waals surface area contributed by atoms with Crippen LogP contribution in [0.1, 0.15) is 0 Å². The van der Waals surface area contributed by atoms with Crippen molar-refractivity contribution in [2.45, 2.75) is 0 Å². The number of thiocarbonyl (C=S) groups is 1. The number of anilines is 2. The van der Waals surface area contributed by atoms with Gasteiger partial charge in [0.15, 0.2) is 0 Å². The molecule has 0 aliphatic heterocycles. The smallest absolute Gasteiger partial charge is 0.411 e. The van der Waals surface area contributed by atoms with Gasteiger partial charge in [0.2, 0.25) is 0 Å². The molecule has 0 fully saturated rings. The Bertz CT molecular complexity index is 972. The van der Waals surface area contributed by atoms with Crippen molar-refractivity contribution in [3.05, 3.63) is 84.9 Å². The van der Waals surface area contributed by atoms with E-state index in [0.717, 1.165) is 22.1 Å². The first kappa shape index (κ1) is 18.3. The molecule has 1 nitrogen and oxygen atoms in total. The molecule has 0 amide bonds. The van der Waals surface area contributed by atoms with Crippen molar-refractivity contribution in [2.75, 3.05) is 4.90 Å². The molecular formula is C21H14NNaS2. The van der Waals surface area contributed by atoms with E-state index in [1.807, 2.05) is 41.3 Å². The van der Waals surface area contributed by atoms with Crippen LogP contribution >= 0.6 is 12.2 Å². The van der Waals surface area contributed by atoms with Gasteiger partial charge in [-0.2, -0.15) is 0 Å². The molecular weight excluding hydrogens is 353 g/mol. The largest absolute Gasteiger partial charge is 1.00 e. The summed E-state index contributed by atoms with van der Waals surface area (Å²) in [5.41, 5.74) is 2.04. The van der Waals surface area contributed by atoms with Crippen LogP contribution in [0.25, 0.3) is 21.5 Å². The third-order valence-corrected chi connectivity index (χ3v) is 4.56. The third-order valence-electron chi connectivity index (χ3n) is 4.20. The predicted molar refractivity (Wildman–Crippen MR) is 110 cm³/mol. The maximum Gasteiger partial charge on any atom is 1.00 e. The second kappa shape index (κ2) is 7.81. The summed E-state index contributed by atoms with van der Waals surface area (Å²) in [6.45, 7) is 0. The summed E-state index contributed by atoms with van der Waals surface area (Å²) in [5, 5.41) is 4.62. The zero-order valence-corrected chi connectivity index (χ0v) is 17.5. The molecule has 0 aliphatic rings. The molecule has 116 valence electrons. The Labute approximate surface area is 180 Å².